The average Bonchev–Trinajstić information content (AvgIpc) is 2.74. The van der Waals surface area contributed by atoms with Crippen LogP contribution in [-0.2, 0) is 6.54 Å². The molecule has 3 saturated heterocycles. The lowest BCUT2D eigenvalue weighted by atomic mass is 9.84. The van der Waals surface area contributed by atoms with Crippen LogP contribution in [-0.4, -0.2) is 30.6 Å². The molecule has 0 aromatic carbocycles. The average molecular weight is 236 g/mol. The second kappa shape index (κ2) is 4.47. The van der Waals surface area contributed by atoms with Gasteiger partial charge in [0.15, 0.2) is 0 Å². The zero-order valence-electron chi connectivity index (χ0n) is 9.91. The summed E-state index contributed by atoms with van der Waals surface area (Å²) in [6, 6.07) is 2.96. The van der Waals surface area contributed by atoms with Gasteiger partial charge >= 0.3 is 0 Å². The van der Waals surface area contributed by atoms with E-state index in [2.05, 4.69) is 28.6 Å². The third-order valence-corrected chi connectivity index (χ3v) is 5.17. The van der Waals surface area contributed by atoms with Gasteiger partial charge in [-0.25, -0.2) is 0 Å². The number of aryl methyl sites for hydroxylation is 1. The number of rotatable bonds is 3. The maximum absolute atomic E-state index is 3.76. The van der Waals surface area contributed by atoms with Gasteiger partial charge < -0.3 is 10.2 Å². The fraction of sp³-hybridized carbons (Fsp3) is 0.692. The van der Waals surface area contributed by atoms with Crippen molar-refractivity contribution in [2.75, 3.05) is 19.6 Å². The molecule has 3 fully saturated rings. The predicted octanol–water partition coefficient (Wildman–Crippen LogP) is 2.24. The molecule has 0 saturated carbocycles. The van der Waals surface area contributed by atoms with Crippen LogP contribution >= 0.6 is 11.3 Å². The van der Waals surface area contributed by atoms with Crippen molar-refractivity contribution in [1.82, 2.24) is 10.2 Å². The lowest BCUT2D eigenvalue weighted by molar-refractivity contribution is 0.0721. The highest BCUT2D eigenvalue weighted by atomic mass is 32.1. The number of thiophene rings is 1. The summed E-state index contributed by atoms with van der Waals surface area (Å²) >= 11 is 1.88. The molecule has 4 rings (SSSR count). The monoisotopic (exact) mass is 236 g/mol. The molecule has 4 heterocycles. The van der Waals surface area contributed by atoms with Crippen LogP contribution < -0.4 is 5.32 Å². The zero-order chi connectivity index (χ0) is 11.0. The number of hydrogen-bond donors (Lipinski definition) is 1. The molecule has 16 heavy (non-hydrogen) atoms. The first-order valence-electron chi connectivity index (χ1n) is 6.31. The summed E-state index contributed by atoms with van der Waals surface area (Å²) in [6.45, 7) is 7.22. The number of nitrogens with zero attached hydrogens (tertiary/aromatic N) is 1. The number of piperidine rings is 3. The number of fused-ring (bicyclic) bond motifs is 3. The largest absolute Gasteiger partial charge is 0.308 e. The van der Waals surface area contributed by atoms with E-state index < -0.39 is 0 Å². The van der Waals surface area contributed by atoms with Crippen molar-refractivity contribution in [3.8, 4) is 0 Å². The van der Waals surface area contributed by atoms with Crippen molar-refractivity contribution in [2.24, 2.45) is 5.92 Å². The molecule has 88 valence electrons. The summed E-state index contributed by atoms with van der Waals surface area (Å²) in [4.78, 5) is 4.12. The van der Waals surface area contributed by atoms with Crippen molar-refractivity contribution in [1.29, 1.82) is 0 Å². The molecular formula is C13H20N2S. The molecule has 0 amide bonds. The molecule has 1 atom stereocenters. The van der Waals surface area contributed by atoms with Crippen molar-refractivity contribution in [3.63, 3.8) is 0 Å². The maximum atomic E-state index is 3.76. The van der Waals surface area contributed by atoms with E-state index in [0.717, 1.165) is 18.5 Å². The summed E-state index contributed by atoms with van der Waals surface area (Å²) in [7, 11) is 0. The lowest BCUT2D eigenvalue weighted by Crippen LogP contribution is -2.55. The topological polar surface area (TPSA) is 15.3 Å². The van der Waals surface area contributed by atoms with Crippen LogP contribution in [0.1, 0.15) is 23.3 Å². The molecule has 3 aliphatic rings. The van der Waals surface area contributed by atoms with Crippen LogP contribution in [0.5, 0.6) is 0 Å². The minimum absolute atomic E-state index is 0.740. The van der Waals surface area contributed by atoms with Crippen molar-refractivity contribution >= 4 is 11.3 Å². The molecule has 1 aromatic rings. The Kier molecular flexibility index (Phi) is 3.01. The SMILES string of the molecule is Cc1ccsc1CNC1CN2CCC1CC2. The molecule has 3 aliphatic heterocycles. The molecule has 0 aliphatic carbocycles. The van der Waals surface area contributed by atoms with E-state index in [0.29, 0.717) is 0 Å². The van der Waals surface area contributed by atoms with E-state index in [1.54, 1.807) is 0 Å². The fourth-order valence-electron chi connectivity index (χ4n) is 3.01. The maximum Gasteiger partial charge on any atom is 0.0305 e. The van der Waals surface area contributed by atoms with Gasteiger partial charge in [0.25, 0.3) is 0 Å². The Balaban J connectivity index is 1.58. The van der Waals surface area contributed by atoms with Crippen LogP contribution in [0.2, 0.25) is 0 Å². The quantitative estimate of drug-likeness (QED) is 0.866. The smallest absolute Gasteiger partial charge is 0.0305 e. The minimum atomic E-state index is 0.740. The third-order valence-electron chi connectivity index (χ3n) is 4.15. The second-order valence-electron chi connectivity index (χ2n) is 5.15. The van der Waals surface area contributed by atoms with Crippen LogP contribution in [0.15, 0.2) is 11.4 Å². The summed E-state index contributed by atoms with van der Waals surface area (Å²) in [5.74, 6) is 0.935. The first-order chi connectivity index (χ1) is 7.83. The number of nitrogens with one attached hydrogen (secondary N) is 1. The Morgan fingerprint density at radius 3 is 2.81 bits per heavy atom. The molecule has 1 N–H and O–H groups in total. The van der Waals surface area contributed by atoms with Crippen molar-refractivity contribution in [3.05, 3.63) is 21.9 Å². The predicted molar refractivity (Wildman–Crippen MR) is 68.8 cm³/mol. The number of hydrogen-bond acceptors (Lipinski definition) is 3. The van der Waals surface area contributed by atoms with E-state index in [1.165, 1.54) is 42.9 Å². The molecule has 3 heteroatoms. The van der Waals surface area contributed by atoms with Gasteiger partial charge in [0.05, 0.1) is 0 Å². The molecule has 1 aromatic heterocycles. The lowest BCUT2D eigenvalue weighted by Gasteiger charge is -2.45. The second-order valence-corrected chi connectivity index (χ2v) is 6.15. The van der Waals surface area contributed by atoms with Gasteiger partial charge in [-0.05, 0) is 55.8 Å². The standard InChI is InChI=1S/C13H20N2S/c1-10-4-7-16-13(10)8-14-12-9-15-5-2-11(12)3-6-15/h4,7,11-12,14H,2-3,5-6,8-9H2,1H3. The van der Waals surface area contributed by atoms with Gasteiger partial charge in [-0.1, -0.05) is 0 Å². The first kappa shape index (κ1) is 10.8. The van der Waals surface area contributed by atoms with E-state index in [-0.39, 0.29) is 0 Å². The van der Waals surface area contributed by atoms with E-state index in [4.69, 9.17) is 0 Å². The molecule has 1 unspecified atom stereocenters. The molecular weight excluding hydrogens is 216 g/mol. The van der Waals surface area contributed by atoms with Gasteiger partial charge in [0.2, 0.25) is 0 Å². The Labute approximate surface area is 102 Å². The van der Waals surface area contributed by atoms with Crippen molar-refractivity contribution < 1.29 is 0 Å². The normalized spacial score (nSPS) is 33.2. The van der Waals surface area contributed by atoms with Gasteiger partial charge in [-0.3, -0.25) is 0 Å². The van der Waals surface area contributed by atoms with E-state index >= 15 is 0 Å². The van der Waals surface area contributed by atoms with E-state index in [1.807, 2.05) is 11.3 Å². The van der Waals surface area contributed by atoms with Gasteiger partial charge in [-0.15, -0.1) is 11.3 Å². The summed E-state index contributed by atoms with van der Waals surface area (Å²) in [5, 5.41) is 5.96. The molecule has 0 radical (unpaired) electrons. The highest BCUT2D eigenvalue weighted by Crippen LogP contribution is 2.28. The molecule has 0 spiro atoms. The van der Waals surface area contributed by atoms with Crippen LogP contribution in [0.3, 0.4) is 0 Å². The Morgan fingerprint density at radius 2 is 2.25 bits per heavy atom. The van der Waals surface area contributed by atoms with Gasteiger partial charge in [-0.2, -0.15) is 0 Å². The highest BCUT2D eigenvalue weighted by molar-refractivity contribution is 7.10. The fourth-order valence-corrected chi connectivity index (χ4v) is 3.86. The highest BCUT2D eigenvalue weighted by Gasteiger charge is 2.33. The van der Waals surface area contributed by atoms with Crippen molar-refractivity contribution in [2.45, 2.75) is 32.4 Å². The summed E-state index contributed by atoms with van der Waals surface area (Å²) in [6.07, 6.45) is 2.81. The summed E-state index contributed by atoms with van der Waals surface area (Å²) in [5.41, 5.74) is 1.44. The summed E-state index contributed by atoms with van der Waals surface area (Å²) < 4.78 is 0. The zero-order valence-corrected chi connectivity index (χ0v) is 10.7. The van der Waals surface area contributed by atoms with Crippen LogP contribution in [0, 0.1) is 12.8 Å². The first-order valence-corrected chi connectivity index (χ1v) is 7.19. The third kappa shape index (κ3) is 2.04. The molecule has 2 nitrogen and oxygen atoms in total. The van der Waals surface area contributed by atoms with Crippen LogP contribution in [0.4, 0.5) is 0 Å². The van der Waals surface area contributed by atoms with Gasteiger partial charge in [0, 0.05) is 24.0 Å². The van der Waals surface area contributed by atoms with Crippen LogP contribution in [0.25, 0.3) is 0 Å². The van der Waals surface area contributed by atoms with Gasteiger partial charge in [0.1, 0.15) is 0 Å². The Morgan fingerprint density at radius 1 is 1.44 bits per heavy atom. The molecule has 2 bridgehead atoms. The Bertz CT molecular complexity index is 353. The minimum Gasteiger partial charge on any atom is -0.308 e. The Hall–Kier alpha value is -0.380. The van der Waals surface area contributed by atoms with E-state index in [9.17, 15) is 0 Å².